The van der Waals surface area contributed by atoms with E-state index in [2.05, 4.69) is 45.9 Å². The lowest BCUT2D eigenvalue weighted by Gasteiger charge is -2.01. The number of hydrogen-bond donors (Lipinski definition) is 0. The minimum atomic E-state index is -0.261. The molecule has 124 valence electrons. The lowest BCUT2D eigenvalue weighted by Crippen LogP contribution is -1.98. The molecule has 0 saturated carbocycles. The van der Waals surface area contributed by atoms with Gasteiger partial charge in [-0.25, -0.2) is 4.79 Å². The van der Waals surface area contributed by atoms with E-state index in [0.717, 1.165) is 32.1 Å². The van der Waals surface area contributed by atoms with E-state index in [0.29, 0.717) is 6.61 Å². The Hall–Kier alpha value is -1.57. The van der Waals surface area contributed by atoms with E-state index in [9.17, 15) is 4.79 Å². The van der Waals surface area contributed by atoms with E-state index in [1.165, 1.54) is 22.8 Å². The summed E-state index contributed by atoms with van der Waals surface area (Å²) in [5, 5.41) is 0. The number of carbonyl (C=O) groups excluding carboxylic acids is 1. The highest BCUT2D eigenvalue weighted by Crippen LogP contribution is 2.11. The average Bonchev–Trinajstić information content (AvgIpc) is 2.43. The molecule has 0 aromatic heterocycles. The topological polar surface area (TPSA) is 26.3 Å². The smallest absolute Gasteiger partial charge is 0.330 e. The molecule has 0 spiro atoms. The van der Waals surface area contributed by atoms with Crippen LogP contribution >= 0.6 is 0 Å². The van der Waals surface area contributed by atoms with Crippen molar-refractivity contribution in [1.29, 1.82) is 0 Å². The maximum atomic E-state index is 11.1. The molecule has 0 unspecified atom stereocenters. The maximum absolute atomic E-state index is 11.1. The van der Waals surface area contributed by atoms with Crippen LogP contribution < -0.4 is 0 Å². The zero-order valence-corrected chi connectivity index (χ0v) is 14.9. The van der Waals surface area contributed by atoms with Crippen molar-refractivity contribution in [3.05, 3.63) is 47.1 Å². The van der Waals surface area contributed by atoms with Crippen LogP contribution in [-0.2, 0) is 9.53 Å². The summed E-state index contributed by atoms with van der Waals surface area (Å²) in [5.41, 5.74) is 4.22. The maximum Gasteiger partial charge on any atom is 0.330 e. The standard InChI is InChI=1S/C20H32O2/c1-6-22-20(21)16-8-7-12-18(4)14-10-15-19(5)13-9-11-17(2)3/h8,11-12,15-16H,6-7,9-10,13-14H2,1-5H3/b16-8+,18-12?,19-15+. The molecule has 0 saturated heterocycles. The van der Waals surface area contributed by atoms with Gasteiger partial charge in [-0.15, -0.1) is 0 Å². The molecule has 0 N–H and O–H groups in total. The molecule has 0 aliphatic carbocycles. The second kappa shape index (κ2) is 13.1. The molecule has 0 fully saturated rings. The molecular formula is C20H32O2. The third kappa shape index (κ3) is 13.4. The highest BCUT2D eigenvalue weighted by atomic mass is 16.5. The van der Waals surface area contributed by atoms with Crippen LogP contribution in [0, 0.1) is 0 Å². The summed E-state index contributed by atoms with van der Waals surface area (Å²) >= 11 is 0. The van der Waals surface area contributed by atoms with Crippen molar-refractivity contribution >= 4 is 5.97 Å². The molecule has 0 heterocycles. The van der Waals surface area contributed by atoms with Crippen molar-refractivity contribution in [2.24, 2.45) is 0 Å². The number of rotatable bonds is 10. The van der Waals surface area contributed by atoms with E-state index < -0.39 is 0 Å². The minimum Gasteiger partial charge on any atom is -0.463 e. The van der Waals surface area contributed by atoms with E-state index in [-0.39, 0.29) is 5.97 Å². The van der Waals surface area contributed by atoms with Gasteiger partial charge >= 0.3 is 5.97 Å². The van der Waals surface area contributed by atoms with Gasteiger partial charge in [0.15, 0.2) is 0 Å². The van der Waals surface area contributed by atoms with Gasteiger partial charge in [-0.05, 0) is 66.7 Å². The fourth-order valence-electron chi connectivity index (χ4n) is 1.96. The number of allylic oxidation sites excluding steroid dienone is 7. The predicted octanol–water partition coefficient (Wildman–Crippen LogP) is 5.92. The molecule has 0 radical (unpaired) electrons. The van der Waals surface area contributed by atoms with Gasteiger partial charge in [0.05, 0.1) is 6.61 Å². The minimum absolute atomic E-state index is 0.261. The lowest BCUT2D eigenvalue weighted by molar-refractivity contribution is -0.137. The van der Waals surface area contributed by atoms with Crippen LogP contribution in [0.4, 0.5) is 0 Å². The van der Waals surface area contributed by atoms with E-state index in [4.69, 9.17) is 4.74 Å². The summed E-state index contributed by atoms with van der Waals surface area (Å²) in [4.78, 5) is 11.1. The van der Waals surface area contributed by atoms with Crippen LogP contribution in [0.1, 0.15) is 66.7 Å². The average molecular weight is 304 g/mol. The van der Waals surface area contributed by atoms with Gasteiger partial charge in [-0.3, -0.25) is 0 Å². The first-order valence-corrected chi connectivity index (χ1v) is 8.23. The number of carbonyl (C=O) groups is 1. The van der Waals surface area contributed by atoms with Crippen molar-refractivity contribution in [3.63, 3.8) is 0 Å². The number of esters is 1. The summed E-state index contributed by atoms with van der Waals surface area (Å²) in [6, 6.07) is 0. The zero-order valence-electron chi connectivity index (χ0n) is 14.9. The van der Waals surface area contributed by atoms with Crippen molar-refractivity contribution in [1.82, 2.24) is 0 Å². The van der Waals surface area contributed by atoms with Gasteiger partial charge in [0.2, 0.25) is 0 Å². The molecule has 0 bridgehead atoms. The largest absolute Gasteiger partial charge is 0.463 e. The third-order valence-corrected chi connectivity index (χ3v) is 3.27. The second-order valence-corrected chi connectivity index (χ2v) is 5.85. The SMILES string of the molecule is CCOC(=O)/C=C/CC=C(C)CC/C=C(\C)CCC=C(C)C. The van der Waals surface area contributed by atoms with Gasteiger partial charge in [0.25, 0.3) is 0 Å². The molecule has 0 rings (SSSR count). The summed E-state index contributed by atoms with van der Waals surface area (Å²) in [5.74, 6) is -0.261. The Kier molecular flexibility index (Phi) is 12.2. The normalized spacial score (nSPS) is 12.6. The summed E-state index contributed by atoms with van der Waals surface area (Å²) in [7, 11) is 0. The molecule has 0 atom stereocenters. The van der Waals surface area contributed by atoms with Crippen LogP contribution in [0.5, 0.6) is 0 Å². The first-order chi connectivity index (χ1) is 10.5. The van der Waals surface area contributed by atoms with Gasteiger partial charge in [-0.1, -0.05) is 41.0 Å². The molecule has 0 aromatic rings. The highest BCUT2D eigenvalue weighted by molar-refractivity contribution is 5.81. The summed E-state index contributed by atoms with van der Waals surface area (Å²) < 4.78 is 4.83. The Bertz CT molecular complexity index is 433. The fourth-order valence-corrected chi connectivity index (χ4v) is 1.96. The van der Waals surface area contributed by atoms with Gasteiger partial charge < -0.3 is 4.74 Å². The number of ether oxygens (including phenoxy) is 1. The third-order valence-electron chi connectivity index (χ3n) is 3.27. The summed E-state index contributed by atoms with van der Waals surface area (Å²) in [6.45, 7) is 10.9. The Morgan fingerprint density at radius 1 is 0.909 bits per heavy atom. The Balaban J connectivity index is 3.96. The van der Waals surface area contributed by atoms with Crippen molar-refractivity contribution in [3.8, 4) is 0 Å². The Morgan fingerprint density at radius 2 is 1.50 bits per heavy atom. The quantitative estimate of drug-likeness (QED) is 0.285. The van der Waals surface area contributed by atoms with Crippen molar-refractivity contribution < 1.29 is 9.53 Å². The molecular weight excluding hydrogens is 272 g/mol. The van der Waals surface area contributed by atoms with Crippen molar-refractivity contribution in [2.45, 2.75) is 66.7 Å². The van der Waals surface area contributed by atoms with Crippen LogP contribution in [0.2, 0.25) is 0 Å². The first-order valence-electron chi connectivity index (χ1n) is 8.23. The van der Waals surface area contributed by atoms with E-state index >= 15 is 0 Å². The van der Waals surface area contributed by atoms with Gasteiger partial charge in [0, 0.05) is 6.08 Å². The van der Waals surface area contributed by atoms with Crippen LogP contribution in [0.25, 0.3) is 0 Å². The highest BCUT2D eigenvalue weighted by Gasteiger charge is 1.93. The predicted molar refractivity (Wildman–Crippen MR) is 95.8 cm³/mol. The van der Waals surface area contributed by atoms with Gasteiger partial charge in [-0.2, -0.15) is 0 Å². The molecule has 2 nitrogen and oxygen atoms in total. The van der Waals surface area contributed by atoms with Crippen LogP contribution in [-0.4, -0.2) is 12.6 Å². The molecule has 0 aromatic carbocycles. The van der Waals surface area contributed by atoms with Crippen LogP contribution in [0.15, 0.2) is 47.1 Å². The molecule has 0 aliphatic heterocycles. The monoisotopic (exact) mass is 304 g/mol. The lowest BCUT2D eigenvalue weighted by atomic mass is 10.1. The molecule has 22 heavy (non-hydrogen) atoms. The Morgan fingerprint density at radius 3 is 2.09 bits per heavy atom. The first kappa shape index (κ1) is 20.4. The summed E-state index contributed by atoms with van der Waals surface area (Å²) in [6.07, 6.45) is 15.4. The van der Waals surface area contributed by atoms with Gasteiger partial charge in [0.1, 0.15) is 0 Å². The fraction of sp³-hybridized carbons (Fsp3) is 0.550. The molecule has 0 aliphatic rings. The van der Waals surface area contributed by atoms with E-state index in [1.807, 2.05) is 13.0 Å². The zero-order chi connectivity index (χ0) is 16.8. The van der Waals surface area contributed by atoms with Crippen molar-refractivity contribution in [2.75, 3.05) is 6.61 Å². The second-order valence-electron chi connectivity index (χ2n) is 5.85. The van der Waals surface area contributed by atoms with Crippen LogP contribution in [0.3, 0.4) is 0 Å². The number of hydrogen-bond acceptors (Lipinski definition) is 2. The van der Waals surface area contributed by atoms with E-state index in [1.54, 1.807) is 0 Å². The molecule has 0 amide bonds. The molecule has 2 heteroatoms. The Labute approximate surface area is 136 Å².